The molecule has 1 atom stereocenters. The third-order valence-electron chi connectivity index (χ3n) is 6.01. The number of benzene rings is 2. The predicted molar refractivity (Wildman–Crippen MR) is 120 cm³/mol. The summed E-state index contributed by atoms with van der Waals surface area (Å²) in [7, 11) is 0. The Balaban J connectivity index is 1.41. The lowest BCUT2D eigenvalue weighted by molar-refractivity contribution is -0.145. The van der Waals surface area contributed by atoms with E-state index in [1.807, 2.05) is 47.4 Å². The minimum absolute atomic E-state index is 0.111. The Hall–Kier alpha value is -3.46. The molecule has 32 heavy (non-hydrogen) atoms. The van der Waals surface area contributed by atoms with Crippen LogP contribution in [0.1, 0.15) is 6.42 Å². The van der Waals surface area contributed by atoms with E-state index in [4.69, 9.17) is 0 Å². The number of anilines is 1. The average molecular weight is 438 g/mol. The first-order valence-corrected chi connectivity index (χ1v) is 10.8. The summed E-state index contributed by atoms with van der Waals surface area (Å²) in [4.78, 5) is 54.4. The molecule has 0 saturated carbocycles. The second-order valence-electron chi connectivity index (χ2n) is 8.09. The van der Waals surface area contributed by atoms with Gasteiger partial charge < -0.3 is 20.4 Å². The Morgan fingerprint density at radius 2 is 1.78 bits per heavy atom. The van der Waals surface area contributed by atoms with Crippen LogP contribution in [-0.2, 0) is 19.2 Å². The molecule has 2 saturated heterocycles. The molecule has 0 radical (unpaired) electrons. The number of rotatable bonds is 6. The van der Waals surface area contributed by atoms with Crippen molar-refractivity contribution >= 4 is 40.6 Å². The summed E-state index contributed by atoms with van der Waals surface area (Å²) in [5, 5.41) is 7.58. The van der Waals surface area contributed by atoms with Gasteiger partial charge in [0.05, 0.1) is 13.0 Å². The number of piperazine rings is 2. The largest absolute Gasteiger partial charge is 0.353 e. The summed E-state index contributed by atoms with van der Waals surface area (Å²) in [6.07, 6.45) is 0.707. The molecule has 0 aromatic heterocycles. The zero-order valence-corrected chi connectivity index (χ0v) is 17.8. The van der Waals surface area contributed by atoms with Crippen molar-refractivity contribution in [2.24, 2.45) is 0 Å². The number of fused-ring (bicyclic) bond motifs is 1. The first kappa shape index (κ1) is 21.8. The third-order valence-corrected chi connectivity index (χ3v) is 6.01. The van der Waals surface area contributed by atoms with E-state index >= 15 is 0 Å². The molecule has 2 aliphatic rings. The molecule has 2 aromatic rings. The van der Waals surface area contributed by atoms with Crippen molar-refractivity contribution in [1.29, 1.82) is 0 Å². The van der Waals surface area contributed by atoms with Crippen LogP contribution in [0.15, 0.2) is 42.5 Å². The average Bonchev–Trinajstić information content (AvgIpc) is 2.81. The molecule has 0 unspecified atom stereocenters. The fourth-order valence-corrected chi connectivity index (χ4v) is 4.24. The highest BCUT2D eigenvalue weighted by Crippen LogP contribution is 2.23. The van der Waals surface area contributed by atoms with Crippen LogP contribution in [0.5, 0.6) is 0 Å². The maximum absolute atomic E-state index is 13.0. The van der Waals surface area contributed by atoms with Gasteiger partial charge in [-0.25, -0.2) is 0 Å². The molecular formula is C23H27N5O4. The summed E-state index contributed by atoms with van der Waals surface area (Å²) in [6.45, 7) is 3.27. The minimum atomic E-state index is -0.845. The van der Waals surface area contributed by atoms with Gasteiger partial charge in [0, 0.05) is 50.3 Å². The summed E-state index contributed by atoms with van der Waals surface area (Å²) in [5.41, 5.74) is 0.676. The quantitative estimate of drug-likeness (QED) is 0.632. The molecule has 2 aromatic carbocycles. The van der Waals surface area contributed by atoms with Crippen molar-refractivity contribution in [2.45, 2.75) is 12.5 Å². The van der Waals surface area contributed by atoms with Crippen molar-refractivity contribution < 1.29 is 19.2 Å². The number of nitrogens with zero attached hydrogens (tertiary/aromatic N) is 3. The molecule has 2 N–H and O–H groups in total. The number of amides is 4. The van der Waals surface area contributed by atoms with E-state index in [0.29, 0.717) is 45.0 Å². The summed E-state index contributed by atoms with van der Waals surface area (Å²) >= 11 is 0. The second kappa shape index (κ2) is 9.78. The highest BCUT2D eigenvalue weighted by atomic mass is 16.2. The number of hydrogen-bond donors (Lipinski definition) is 2. The van der Waals surface area contributed by atoms with E-state index in [-0.39, 0.29) is 30.7 Å². The molecule has 4 rings (SSSR count). The molecule has 0 bridgehead atoms. The maximum Gasteiger partial charge on any atom is 0.243 e. The van der Waals surface area contributed by atoms with Gasteiger partial charge in [-0.15, -0.1) is 0 Å². The fourth-order valence-electron chi connectivity index (χ4n) is 4.24. The van der Waals surface area contributed by atoms with Gasteiger partial charge in [-0.2, -0.15) is 0 Å². The van der Waals surface area contributed by atoms with Crippen molar-refractivity contribution in [3.05, 3.63) is 42.5 Å². The molecule has 168 valence electrons. The molecule has 2 heterocycles. The SMILES string of the molecule is O=CN1CCN(CC(=O)N2CCNC(=O)[C@@H]2CC(=O)Nc2cccc3ccccc23)CC1. The number of carbonyl (C=O) groups excluding carboxylic acids is 4. The molecule has 2 fully saturated rings. The van der Waals surface area contributed by atoms with Gasteiger partial charge in [-0.1, -0.05) is 36.4 Å². The summed E-state index contributed by atoms with van der Waals surface area (Å²) < 4.78 is 0. The maximum atomic E-state index is 13.0. The Labute approximate surface area is 186 Å². The van der Waals surface area contributed by atoms with Crippen LogP contribution in [-0.4, -0.2) is 90.7 Å². The van der Waals surface area contributed by atoms with Gasteiger partial charge in [0.15, 0.2) is 0 Å². The second-order valence-corrected chi connectivity index (χ2v) is 8.09. The topological polar surface area (TPSA) is 102 Å². The van der Waals surface area contributed by atoms with Gasteiger partial charge in [-0.05, 0) is 11.5 Å². The number of carbonyl (C=O) groups is 4. The third kappa shape index (κ3) is 4.88. The van der Waals surface area contributed by atoms with E-state index in [9.17, 15) is 19.2 Å². The Morgan fingerprint density at radius 1 is 1.03 bits per heavy atom. The van der Waals surface area contributed by atoms with Crippen LogP contribution in [0.4, 0.5) is 5.69 Å². The molecule has 2 aliphatic heterocycles. The predicted octanol–water partition coefficient (Wildman–Crippen LogP) is 0.269. The Bertz CT molecular complexity index is 1010. The lowest BCUT2D eigenvalue weighted by Crippen LogP contribution is -2.60. The highest BCUT2D eigenvalue weighted by Gasteiger charge is 2.35. The van der Waals surface area contributed by atoms with Gasteiger partial charge >= 0.3 is 0 Å². The van der Waals surface area contributed by atoms with E-state index in [2.05, 4.69) is 10.6 Å². The van der Waals surface area contributed by atoms with Crippen molar-refractivity contribution in [1.82, 2.24) is 20.0 Å². The van der Waals surface area contributed by atoms with Crippen molar-refractivity contribution in [3.8, 4) is 0 Å². The highest BCUT2D eigenvalue weighted by molar-refractivity contribution is 6.04. The van der Waals surface area contributed by atoms with E-state index in [1.165, 1.54) is 4.90 Å². The summed E-state index contributed by atoms with van der Waals surface area (Å²) in [6, 6.07) is 12.5. The zero-order chi connectivity index (χ0) is 22.5. The van der Waals surface area contributed by atoms with Gasteiger partial charge in [-0.3, -0.25) is 24.1 Å². The van der Waals surface area contributed by atoms with Crippen molar-refractivity contribution in [2.75, 3.05) is 51.1 Å². The number of nitrogens with one attached hydrogen (secondary N) is 2. The Kier molecular flexibility index (Phi) is 6.65. The van der Waals surface area contributed by atoms with Crippen LogP contribution < -0.4 is 10.6 Å². The first-order chi connectivity index (χ1) is 15.5. The van der Waals surface area contributed by atoms with Crippen molar-refractivity contribution in [3.63, 3.8) is 0 Å². The van der Waals surface area contributed by atoms with Crippen LogP contribution in [0.2, 0.25) is 0 Å². The normalized spacial score (nSPS) is 19.5. The molecule has 0 aliphatic carbocycles. The fraction of sp³-hybridized carbons (Fsp3) is 0.391. The first-order valence-electron chi connectivity index (χ1n) is 10.8. The summed E-state index contributed by atoms with van der Waals surface area (Å²) in [5.74, 6) is -0.813. The molecule has 4 amide bonds. The lowest BCUT2D eigenvalue weighted by atomic mass is 10.1. The van der Waals surface area contributed by atoms with Crippen LogP contribution in [0.3, 0.4) is 0 Å². The molecule has 9 heteroatoms. The Morgan fingerprint density at radius 3 is 2.56 bits per heavy atom. The van der Waals surface area contributed by atoms with Gasteiger partial charge in [0.1, 0.15) is 6.04 Å². The van der Waals surface area contributed by atoms with Crippen LogP contribution in [0.25, 0.3) is 10.8 Å². The molecule has 9 nitrogen and oxygen atoms in total. The van der Waals surface area contributed by atoms with Gasteiger partial charge in [0.2, 0.25) is 24.1 Å². The molecule has 0 spiro atoms. The van der Waals surface area contributed by atoms with E-state index < -0.39 is 6.04 Å². The van der Waals surface area contributed by atoms with Crippen LogP contribution in [0, 0.1) is 0 Å². The van der Waals surface area contributed by atoms with Crippen LogP contribution >= 0.6 is 0 Å². The smallest absolute Gasteiger partial charge is 0.243 e. The van der Waals surface area contributed by atoms with E-state index in [1.54, 1.807) is 4.90 Å². The monoisotopic (exact) mass is 437 g/mol. The minimum Gasteiger partial charge on any atom is -0.353 e. The molecular weight excluding hydrogens is 410 g/mol. The van der Waals surface area contributed by atoms with Gasteiger partial charge in [0.25, 0.3) is 0 Å². The van der Waals surface area contributed by atoms with E-state index in [0.717, 1.165) is 17.2 Å². The standard InChI is InChI=1S/C23H27N5O4/c29-16-27-12-10-26(11-13-27)15-22(31)28-9-8-24-23(32)20(28)14-21(30)25-19-7-3-5-17-4-1-2-6-18(17)19/h1-7,16,20H,8-15H2,(H,24,32)(H,25,30)/t20-/m0/s1. The zero-order valence-electron chi connectivity index (χ0n) is 17.8. The lowest BCUT2D eigenvalue weighted by Gasteiger charge is -2.37. The number of hydrogen-bond acceptors (Lipinski definition) is 5.